The van der Waals surface area contributed by atoms with Gasteiger partial charge in [-0.2, -0.15) is 8.42 Å². The molecule has 1 fully saturated rings. The van der Waals surface area contributed by atoms with Gasteiger partial charge in [-0.05, 0) is 25.5 Å². The normalized spacial score (nSPS) is 25.1. The highest BCUT2D eigenvalue weighted by atomic mass is 35.5. The second-order valence-corrected chi connectivity index (χ2v) is 6.91. The van der Waals surface area contributed by atoms with E-state index in [1.165, 1.54) is 0 Å². The summed E-state index contributed by atoms with van der Waals surface area (Å²) in [5.41, 5.74) is 0.895. The minimum atomic E-state index is -4.01. The van der Waals surface area contributed by atoms with E-state index in [2.05, 4.69) is 4.18 Å². The first-order valence-corrected chi connectivity index (χ1v) is 8.27. The summed E-state index contributed by atoms with van der Waals surface area (Å²) in [6.45, 7) is 3.31. The van der Waals surface area contributed by atoms with Gasteiger partial charge < -0.3 is 9.47 Å². The summed E-state index contributed by atoms with van der Waals surface area (Å²) in [7, 11) is -4.01. The highest BCUT2D eigenvalue weighted by molar-refractivity contribution is 7.84. The smallest absolute Gasteiger partial charge is 0.333 e. The Morgan fingerprint density at radius 1 is 1.29 bits per heavy atom. The molecule has 1 heterocycles. The Balaban J connectivity index is 2.10. The van der Waals surface area contributed by atoms with Crippen molar-refractivity contribution in [1.82, 2.24) is 0 Å². The molecule has 1 aromatic carbocycles. The summed E-state index contributed by atoms with van der Waals surface area (Å²) < 4.78 is 37.9. The molecule has 0 aromatic heterocycles. The lowest BCUT2D eigenvalue weighted by Gasteiger charge is -2.17. The zero-order valence-electron chi connectivity index (χ0n) is 11.8. The van der Waals surface area contributed by atoms with E-state index in [0.717, 1.165) is 5.56 Å². The molecule has 0 spiro atoms. The average Bonchev–Trinajstić information content (AvgIpc) is 2.63. The van der Waals surface area contributed by atoms with Crippen LogP contribution in [0.3, 0.4) is 0 Å². The SMILES string of the molecule is CC1(C)OC(COS(N)(=O)=O)C(Cc2ccccc2Cl)O1. The third kappa shape index (κ3) is 4.91. The van der Waals surface area contributed by atoms with Gasteiger partial charge in [0.2, 0.25) is 0 Å². The van der Waals surface area contributed by atoms with Crippen molar-refractivity contribution in [3.05, 3.63) is 34.9 Å². The fourth-order valence-electron chi connectivity index (χ4n) is 2.27. The van der Waals surface area contributed by atoms with Gasteiger partial charge in [-0.15, -0.1) is 0 Å². The van der Waals surface area contributed by atoms with E-state index in [4.69, 9.17) is 26.2 Å². The van der Waals surface area contributed by atoms with E-state index in [1.807, 2.05) is 18.2 Å². The van der Waals surface area contributed by atoms with Crippen LogP contribution in [-0.2, 0) is 30.4 Å². The molecule has 1 saturated heterocycles. The molecular formula is C13H18ClNO5S. The lowest BCUT2D eigenvalue weighted by atomic mass is 10.0. The maximum absolute atomic E-state index is 10.9. The highest BCUT2D eigenvalue weighted by Crippen LogP contribution is 2.31. The van der Waals surface area contributed by atoms with E-state index in [-0.39, 0.29) is 12.7 Å². The molecule has 6 nitrogen and oxygen atoms in total. The van der Waals surface area contributed by atoms with Crippen LogP contribution in [0.2, 0.25) is 5.02 Å². The van der Waals surface area contributed by atoms with Crippen LogP contribution in [0.1, 0.15) is 19.4 Å². The summed E-state index contributed by atoms with van der Waals surface area (Å²) in [5, 5.41) is 5.46. The summed E-state index contributed by atoms with van der Waals surface area (Å²) in [6.07, 6.45) is -0.432. The van der Waals surface area contributed by atoms with Crippen molar-refractivity contribution in [1.29, 1.82) is 0 Å². The lowest BCUT2D eigenvalue weighted by molar-refractivity contribution is -0.148. The molecule has 8 heteroatoms. The Kier molecular flexibility index (Phi) is 4.92. The Labute approximate surface area is 129 Å². The number of benzene rings is 1. The van der Waals surface area contributed by atoms with Crippen LogP contribution in [-0.4, -0.2) is 33.0 Å². The Morgan fingerprint density at radius 3 is 2.52 bits per heavy atom. The molecule has 0 aliphatic carbocycles. The Morgan fingerprint density at radius 2 is 1.90 bits per heavy atom. The number of halogens is 1. The van der Waals surface area contributed by atoms with Crippen molar-refractivity contribution in [2.45, 2.75) is 38.3 Å². The van der Waals surface area contributed by atoms with Crippen LogP contribution >= 0.6 is 11.6 Å². The van der Waals surface area contributed by atoms with Crippen molar-refractivity contribution < 1.29 is 22.1 Å². The molecule has 0 saturated carbocycles. The van der Waals surface area contributed by atoms with Crippen LogP contribution in [0.25, 0.3) is 0 Å². The first kappa shape index (κ1) is 16.7. The summed E-state index contributed by atoms with van der Waals surface area (Å²) >= 11 is 6.13. The molecule has 0 radical (unpaired) electrons. The molecule has 118 valence electrons. The zero-order chi connectivity index (χ0) is 15.7. The van der Waals surface area contributed by atoms with Crippen LogP contribution in [0.5, 0.6) is 0 Å². The number of ether oxygens (including phenoxy) is 2. The highest BCUT2D eigenvalue weighted by Gasteiger charge is 2.42. The molecule has 2 atom stereocenters. The molecule has 0 amide bonds. The first-order chi connectivity index (χ1) is 9.66. The average molecular weight is 336 g/mol. The zero-order valence-corrected chi connectivity index (χ0v) is 13.4. The summed E-state index contributed by atoms with van der Waals surface area (Å²) in [6, 6.07) is 7.38. The van der Waals surface area contributed by atoms with Gasteiger partial charge >= 0.3 is 10.3 Å². The topological polar surface area (TPSA) is 87.9 Å². The van der Waals surface area contributed by atoms with Gasteiger partial charge in [-0.3, -0.25) is 4.18 Å². The quantitative estimate of drug-likeness (QED) is 0.883. The second kappa shape index (κ2) is 6.20. The standard InChI is InChI=1S/C13H18ClNO5S/c1-13(2)19-11(7-9-5-3-4-6-10(9)14)12(20-13)8-18-21(15,16)17/h3-6,11-12H,7-8H2,1-2H3,(H2,15,16,17). The number of hydrogen-bond donors (Lipinski definition) is 1. The predicted octanol–water partition coefficient (Wildman–Crippen LogP) is 1.62. The minimum absolute atomic E-state index is 0.197. The van der Waals surface area contributed by atoms with Gasteiger partial charge in [0.15, 0.2) is 5.79 Å². The number of hydrogen-bond acceptors (Lipinski definition) is 5. The number of rotatable bonds is 5. The first-order valence-electron chi connectivity index (χ1n) is 6.42. The van der Waals surface area contributed by atoms with E-state index in [0.29, 0.717) is 11.4 Å². The fourth-order valence-corrected chi connectivity index (χ4v) is 2.80. The van der Waals surface area contributed by atoms with Crippen LogP contribution in [0.4, 0.5) is 0 Å². The molecular weight excluding hydrogens is 318 g/mol. The minimum Gasteiger partial charge on any atom is -0.344 e. The maximum atomic E-state index is 10.9. The Bertz CT molecular complexity index is 604. The van der Waals surface area contributed by atoms with Gasteiger partial charge in [-0.1, -0.05) is 29.8 Å². The molecule has 2 rings (SSSR count). The van der Waals surface area contributed by atoms with Crippen molar-refractivity contribution in [3.8, 4) is 0 Å². The summed E-state index contributed by atoms with van der Waals surface area (Å²) in [4.78, 5) is 0. The predicted molar refractivity (Wildman–Crippen MR) is 78.0 cm³/mol. The van der Waals surface area contributed by atoms with Crippen LogP contribution in [0, 0.1) is 0 Å². The monoisotopic (exact) mass is 335 g/mol. The third-order valence-electron chi connectivity index (χ3n) is 3.06. The lowest BCUT2D eigenvalue weighted by Crippen LogP contribution is -2.32. The largest absolute Gasteiger partial charge is 0.344 e. The molecule has 0 bridgehead atoms. The Hall–Kier alpha value is -0.700. The van der Waals surface area contributed by atoms with E-state index < -0.39 is 22.2 Å². The van der Waals surface area contributed by atoms with Crippen molar-refractivity contribution in [3.63, 3.8) is 0 Å². The van der Waals surface area contributed by atoms with Gasteiger partial charge in [-0.25, -0.2) is 5.14 Å². The van der Waals surface area contributed by atoms with Crippen molar-refractivity contribution >= 4 is 21.9 Å². The van der Waals surface area contributed by atoms with Gasteiger partial charge in [0.1, 0.15) is 6.10 Å². The molecule has 1 aliphatic rings. The molecule has 21 heavy (non-hydrogen) atoms. The number of nitrogens with two attached hydrogens (primary N) is 1. The maximum Gasteiger partial charge on any atom is 0.333 e. The van der Waals surface area contributed by atoms with E-state index in [1.54, 1.807) is 19.9 Å². The van der Waals surface area contributed by atoms with Crippen LogP contribution in [0.15, 0.2) is 24.3 Å². The van der Waals surface area contributed by atoms with Gasteiger partial charge in [0.25, 0.3) is 0 Å². The third-order valence-corrected chi connectivity index (χ3v) is 3.89. The fraction of sp³-hybridized carbons (Fsp3) is 0.538. The van der Waals surface area contributed by atoms with Crippen molar-refractivity contribution in [2.75, 3.05) is 6.61 Å². The van der Waals surface area contributed by atoms with Gasteiger partial charge in [0.05, 0.1) is 12.7 Å². The second-order valence-electron chi connectivity index (χ2n) is 5.29. The summed E-state index contributed by atoms with van der Waals surface area (Å²) in [5.74, 6) is -0.821. The van der Waals surface area contributed by atoms with Gasteiger partial charge in [0, 0.05) is 11.4 Å². The van der Waals surface area contributed by atoms with Crippen LogP contribution < -0.4 is 5.14 Å². The van der Waals surface area contributed by atoms with E-state index >= 15 is 0 Å². The molecule has 1 aliphatic heterocycles. The molecule has 2 N–H and O–H groups in total. The van der Waals surface area contributed by atoms with Crippen molar-refractivity contribution in [2.24, 2.45) is 5.14 Å². The molecule has 1 aromatic rings. The molecule has 2 unspecified atom stereocenters. The van der Waals surface area contributed by atoms with E-state index in [9.17, 15) is 8.42 Å².